The fourth-order valence-corrected chi connectivity index (χ4v) is 2.13. The van der Waals surface area contributed by atoms with Crippen LogP contribution in [0.2, 0.25) is 0 Å². The molecule has 5 heteroatoms. The molecule has 1 heterocycles. The lowest BCUT2D eigenvalue weighted by Gasteiger charge is -2.33. The monoisotopic (exact) mass is 274 g/mol. The molecule has 0 bridgehead atoms. The van der Waals surface area contributed by atoms with Gasteiger partial charge in [0.15, 0.2) is 5.69 Å². The molecule has 0 radical (unpaired) electrons. The van der Waals surface area contributed by atoms with Gasteiger partial charge in [-0.1, -0.05) is 32.0 Å². The second-order valence-corrected chi connectivity index (χ2v) is 5.72. The van der Waals surface area contributed by atoms with Crippen molar-refractivity contribution in [2.45, 2.75) is 26.3 Å². The number of hydrogen-bond acceptors (Lipinski definition) is 3. The lowest BCUT2D eigenvalue weighted by atomic mass is 9.88. The summed E-state index contributed by atoms with van der Waals surface area (Å²) in [5, 5.41) is 8.21. The Morgan fingerprint density at radius 3 is 2.70 bits per heavy atom. The second-order valence-electron chi connectivity index (χ2n) is 5.72. The van der Waals surface area contributed by atoms with Crippen LogP contribution in [0.1, 0.15) is 31.3 Å². The maximum Gasteiger partial charge on any atom is 0.272 e. The first-order valence-electron chi connectivity index (χ1n) is 6.83. The van der Waals surface area contributed by atoms with E-state index in [1.165, 1.54) is 0 Å². The van der Waals surface area contributed by atoms with Gasteiger partial charge in [0.1, 0.15) is 0 Å². The summed E-state index contributed by atoms with van der Waals surface area (Å²) in [6.07, 6.45) is 0. The molecule has 1 atom stereocenters. The van der Waals surface area contributed by atoms with Crippen LogP contribution in [0, 0.1) is 5.92 Å². The molecule has 0 fully saturated rings. The van der Waals surface area contributed by atoms with Crippen molar-refractivity contribution >= 4 is 16.8 Å². The molecule has 0 aliphatic heterocycles. The van der Waals surface area contributed by atoms with Gasteiger partial charge >= 0.3 is 0 Å². The SMILES string of the molecule is CC(C)C(C)(CN)NC(=O)c1nn(C)c2ccccc12. The molecule has 5 nitrogen and oxygen atoms in total. The number of para-hydroxylation sites is 1. The van der Waals surface area contributed by atoms with Crippen molar-refractivity contribution in [2.24, 2.45) is 18.7 Å². The summed E-state index contributed by atoms with van der Waals surface area (Å²) in [6, 6.07) is 7.70. The van der Waals surface area contributed by atoms with E-state index >= 15 is 0 Å². The number of aromatic nitrogens is 2. The van der Waals surface area contributed by atoms with Gasteiger partial charge in [0.05, 0.1) is 11.1 Å². The molecule has 0 aliphatic carbocycles. The van der Waals surface area contributed by atoms with Crippen LogP contribution in [0.5, 0.6) is 0 Å². The van der Waals surface area contributed by atoms with Crippen LogP contribution in [-0.2, 0) is 7.05 Å². The molecule has 3 N–H and O–H groups in total. The summed E-state index contributed by atoms with van der Waals surface area (Å²) in [4.78, 5) is 12.5. The fourth-order valence-electron chi connectivity index (χ4n) is 2.13. The molecule has 0 spiro atoms. The number of carbonyl (C=O) groups excluding carboxylic acids is 1. The zero-order valence-electron chi connectivity index (χ0n) is 12.5. The van der Waals surface area contributed by atoms with Crippen LogP contribution >= 0.6 is 0 Å². The molecule has 2 aromatic rings. The summed E-state index contributed by atoms with van der Waals surface area (Å²) in [6.45, 7) is 6.44. The highest BCUT2D eigenvalue weighted by molar-refractivity contribution is 6.05. The average Bonchev–Trinajstić information content (AvgIpc) is 2.76. The van der Waals surface area contributed by atoms with Crippen LogP contribution < -0.4 is 11.1 Å². The number of rotatable bonds is 4. The summed E-state index contributed by atoms with van der Waals surface area (Å²) in [5.74, 6) is 0.0647. The third kappa shape index (κ3) is 2.41. The van der Waals surface area contributed by atoms with E-state index in [2.05, 4.69) is 10.4 Å². The van der Waals surface area contributed by atoms with Crippen molar-refractivity contribution in [3.05, 3.63) is 30.0 Å². The van der Waals surface area contributed by atoms with E-state index in [1.54, 1.807) is 4.68 Å². The van der Waals surface area contributed by atoms with E-state index in [9.17, 15) is 4.79 Å². The van der Waals surface area contributed by atoms with Gasteiger partial charge in [0, 0.05) is 19.0 Å². The van der Waals surface area contributed by atoms with Crippen molar-refractivity contribution in [3.63, 3.8) is 0 Å². The van der Waals surface area contributed by atoms with E-state index in [0.29, 0.717) is 12.2 Å². The van der Waals surface area contributed by atoms with Gasteiger partial charge in [-0.3, -0.25) is 9.48 Å². The smallest absolute Gasteiger partial charge is 0.272 e. The van der Waals surface area contributed by atoms with Crippen molar-refractivity contribution in [2.75, 3.05) is 6.54 Å². The number of nitrogens with two attached hydrogens (primary N) is 1. The molecule has 1 aromatic heterocycles. The quantitative estimate of drug-likeness (QED) is 0.891. The Hall–Kier alpha value is -1.88. The minimum absolute atomic E-state index is 0.177. The van der Waals surface area contributed by atoms with E-state index in [0.717, 1.165) is 10.9 Å². The molecule has 0 saturated carbocycles. The van der Waals surface area contributed by atoms with E-state index in [-0.39, 0.29) is 11.8 Å². The number of fused-ring (bicyclic) bond motifs is 1. The normalized spacial score (nSPS) is 14.5. The van der Waals surface area contributed by atoms with Gasteiger partial charge in [0.25, 0.3) is 5.91 Å². The summed E-state index contributed by atoms with van der Waals surface area (Å²) in [7, 11) is 1.84. The van der Waals surface area contributed by atoms with Crippen LogP contribution in [-0.4, -0.2) is 27.8 Å². The standard InChI is InChI=1S/C15H22N4O/c1-10(2)15(3,9-16)17-14(20)13-11-7-5-6-8-12(11)19(4)18-13/h5-8,10H,9,16H2,1-4H3,(H,17,20). The lowest BCUT2D eigenvalue weighted by molar-refractivity contribution is 0.0879. The first-order chi connectivity index (χ1) is 9.39. The zero-order chi connectivity index (χ0) is 14.9. The summed E-state index contributed by atoms with van der Waals surface area (Å²) >= 11 is 0. The van der Waals surface area contributed by atoms with Crippen molar-refractivity contribution in [3.8, 4) is 0 Å². The molecule has 1 unspecified atom stereocenters. The van der Waals surface area contributed by atoms with Gasteiger partial charge in [0.2, 0.25) is 0 Å². The Kier molecular flexibility index (Phi) is 3.81. The van der Waals surface area contributed by atoms with Crippen molar-refractivity contribution in [1.82, 2.24) is 15.1 Å². The van der Waals surface area contributed by atoms with Gasteiger partial charge in [-0.05, 0) is 18.9 Å². The highest BCUT2D eigenvalue weighted by Gasteiger charge is 2.30. The molecule has 0 saturated heterocycles. The number of benzene rings is 1. The van der Waals surface area contributed by atoms with E-state index in [1.807, 2.05) is 52.1 Å². The van der Waals surface area contributed by atoms with Crippen LogP contribution in [0.4, 0.5) is 0 Å². The highest BCUT2D eigenvalue weighted by atomic mass is 16.2. The van der Waals surface area contributed by atoms with Crippen LogP contribution in [0.15, 0.2) is 24.3 Å². The summed E-state index contributed by atoms with van der Waals surface area (Å²) < 4.78 is 1.72. The fraction of sp³-hybridized carbons (Fsp3) is 0.467. The van der Waals surface area contributed by atoms with Gasteiger partial charge in [-0.15, -0.1) is 0 Å². The lowest BCUT2D eigenvalue weighted by Crippen LogP contribution is -2.55. The minimum atomic E-state index is -0.435. The zero-order valence-corrected chi connectivity index (χ0v) is 12.5. The first-order valence-corrected chi connectivity index (χ1v) is 6.83. The topological polar surface area (TPSA) is 72.9 Å². The first kappa shape index (κ1) is 14.5. The van der Waals surface area contributed by atoms with Crippen LogP contribution in [0.25, 0.3) is 10.9 Å². The second kappa shape index (κ2) is 5.25. The van der Waals surface area contributed by atoms with E-state index < -0.39 is 5.54 Å². The maximum absolute atomic E-state index is 12.5. The van der Waals surface area contributed by atoms with Crippen LogP contribution in [0.3, 0.4) is 0 Å². The number of amides is 1. The van der Waals surface area contributed by atoms with Crippen molar-refractivity contribution < 1.29 is 4.79 Å². The number of carbonyl (C=O) groups is 1. The molecule has 1 amide bonds. The van der Waals surface area contributed by atoms with Gasteiger partial charge in [-0.2, -0.15) is 5.10 Å². The molecule has 20 heavy (non-hydrogen) atoms. The number of hydrogen-bond donors (Lipinski definition) is 2. The number of nitrogens with one attached hydrogen (secondary N) is 1. The predicted octanol–water partition coefficient (Wildman–Crippen LogP) is 1.68. The molecular weight excluding hydrogens is 252 g/mol. The maximum atomic E-state index is 12.5. The molecule has 2 rings (SSSR count). The Balaban J connectivity index is 2.37. The number of aryl methyl sites for hydroxylation is 1. The Labute approximate surface area is 119 Å². The molecule has 108 valence electrons. The van der Waals surface area contributed by atoms with Gasteiger partial charge < -0.3 is 11.1 Å². The Morgan fingerprint density at radius 1 is 1.45 bits per heavy atom. The average molecular weight is 274 g/mol. The number of nitrogens with zero attached hydrogens (tertiary/aromatic N) is 2. The molecule has 1 aromatic carbocycles. The largest absolute Gasteiger partial charge is 0.344 e. The minimum Gasteiger partial charge on any atom is -0.344 e. The van der Waals surface area contributed by atoms with E-state index in [4.69, 9.17) is 5.73 Å². The third-order valence-electron chi connectivity index (χ3n) is 4.07. The highest BCUT2D eigenvalue weighted by Crippen LogP contribution is 2.20. The third-order valence-corrected chi connectivity index (χ3v) is 4.07. The Bertz CT molecular complexity index is 632. The molecule has 0 aliphatic rings. The molecular formula is C15H22N4O. The van der Waals surface area contributed by atoms with Crippen molar-refractivity contribution in [1.29, 1.82) is 0 Å². The predicted molar refractivity (Wildman–Crippen MR) is 80.5 cm³/mol. The Morgan fingerprint density at radius 2 is 2.10 bits per heavy atom. The summed E-state index contributed by atoms with van der Waals surface area (Å²) in [5.41, 5.74) is 6.77. The van der Waals surface area contributed by atoms with Gasteiger partial charge in [-0.25, -0.2) is 0 Å².